The van der Waals surface area contributed by atoms with Gasteiger partial charge in [0.1, 0.15) is 5.82 Å². The van der Waals surface area contributed by atoms with E-state index >= 15 is 0 Å². The molecule has 0 aliphatic carbocycles. The van der Waals surface area contributed by atoms with Crippen LogP contribution in [0.5, 0.6) is 0 Å². The van der Waals surface area contributed by atoms with Crippen molar-refractivity contribution in [3.63, 3.8) is 0 Å². The van der Waals surface area contributed by atoms with E-state index in [0.717, 1.165) is 12.3 Å². The molecule has 2 heterocycles. The highest BCUT2D eigenvalue weighted by molar-refractivity contribution is 6.33. The summed E-state index contributed by atoms with van der Waals surface area (Å²) in [6.07, 6.45) is -3.76. The molecule has 0 bridgehead atoms. The first-order valence-corrected chi connectivity index (χ1v) is 9.71. The molecule has 1 aliphatic heterocycles. The zero-order valence-corrected chi connectivity index (χ0v) is 17.2. The van der Waals surface area contributed by atoms with Gasteiger partial charge in [-0.2, -0.15) is 13.2 Å². The summed E-state index contributed by atoms with van der Waals surface area (Å²) in [6, 6.07) is 5.90. The van der Waals surface area contributed by atoms with Crippen molar-refractivity contribution in [2.45, 2.75) is 19.1 Å². The quantitative estimate of drug-likeness (QED) is 0.542. The zero-order chi connectivity index (χ0) is 22.8. The molecule has 1 amide bonds. The summed E-state index contributed by atoms with van der Waals surface area (Å²) >= 11 is 6.02. The number of nitro benzene ring substituents is 1. The minimum Gasteiger partial charge on any atom is -0.353 e. The van der Waals surface area contributed by atoms with Gasteiger partial charge in [-0.1, -0.05) is 11.6 Å². The fourth-order valence-corrected chi connectivity index (χ4v) is 3.50. The van der Waals surface area contributed by atoms with E-state index in [4.69, 9.17) is 11.6 Å². The molecule has 1 saturated heterocycles. The average molecular weight is 458 g/mol. The third-order valence-corrected chi connectivity index (χ3v) is 5.31. The number of halogens is 4. The third-order valence-electron chi connectivity index (χ3n) is 5.04. The number of non-ortho nitro benzene ring substituents is 1. The summed E-state index contributed by atoms with van der Waals surface area (Å²) in [6.45, 7) is 3.57. The maximum atomic E-state index is 12.8. The Bertz CT molecular complexity index is 963. The fraction of sp³-hybridized carbons (Fsp3) is 0.368. The van der Waals surface area contributed by atoms with Crippen molar-refractivity contribution in [2.24, 2.45) is 0 Å². The van der Waals surface area contributed by atoms with Gasteiger partial charge in [0.2, 0.25) is 5.91 Å². The Morgan fingerprint density at radius 1 is 1.23 bits per heavy atom. The van der Waals surface area contributed by atoms with Crippen LogP contribution in [0.15, 0.2) is 36.5 Å². The molecule has 0 spiro atoms. The Morgan fingerprint density at radius 3 is 2.35 bits per heavy atom. The van der Waals surface area contributed by atoms with Gasteiger partial charge in [0.05, 0.1) is 21.6 Å². The monoisotopic (exact) mass is 457 g/mol. The van der Waals surface area contributed by atoms with E-state index in [1.807, 2.05) is 4.90 Å². The van der Waals surface area contributed by atoms with E-state index in [2.05, 4.69) is 10.3 Å². The van der Waals surface area contributed by atoms with Gasteiger partial charge in [0.25, 0.3) is 5.69 Å². The molecule has 166 valence electrons. The summed E-state index contributed by atoms with van der Waals surface area (Å²) in [4.78, 5) is 30.3. The molecule has 1 N–H and O–H groups in total. The van der Waals surface area contributed by atoms with Gasteiger partial charge in [0.15, 0.2) is 0 Å². The van der Waals surface area contributed by atoms with Gasteiger partial charge in [-0.25, -0.2) is 4.98 Å². The van der Waals surface area contributed by atoms with Gasteiger partial charge >= 0.3 is 6.18 Å². The average Bonchev–Trinajstić information content (AvgIpc) is 2.73. The lowest BCUT2D eigenvalue weighted by Crippen LogP contribution is -2.53. The van der Waals surface area contributed by atoms with Crippen molar-refractivity contribution < 1.29 is 22.9 Å². The molecule has 2 aromatic rings. The van der Waals surface area contributed by atoms with Crippen LogP contribution in [0.2, 0.25) is 5.02 Å². The first-order chi connectivity index (χ1) is 14.6. The molecular weight excluding hydrogens is 439 g/mol. The fourth-order valence-electron chi connectivity index (χ4n) is 3.22. The SMILES string of the molecule is C[C@H](C(=O)Nc1ccc([N+](=O)[O-])cc1)N1CCN(c2ncc(C(F)(F)F)cc2Cl)CC1. The number of nitro groups is 1. The van der Waals surface area contributed by atoms with Gasteiger partial charge in [-0.05, 0) is 25.1 Å². The van der Waals surface area contributed by atoms with Crippen molar-refractivity contribution in [3.05, 3.63) is 57.2 Å². The molecule has 12 heteroatoms. The first-order valence-electron chi connectivity index (χ1n) is 9.33. The molecular formula is C19H19ClF3N5O3. The van der Waals surface area contributed by atoms with Crippen LogP contribution in [0.3, 0.4) is 0 Å². The number of aromatic nitrogens is 1. The van der Waals surface area contributed by atoms with E-state index in [9.17, 15) is 28.1 Å². The molecule has 0 radical (unpaired) electrons. The Labute approximate surface area is 180 Å². The highest BCUT2D eigenvalue weighted by atomic mass is 35.5. The maximum absolute atomic E-state index is 12.8. The predicted octanol–water partition coefficient (Wildman–Crippen LogP) is 3.81. The van der Waals surface area contributed by atoms with Crippen LogP contribution in [-0.2, 0) is 11.0 Å². The lowest BCUT2D eigenvalue weighted by Gasteiger charge is -2.38. The number of hydrogen-bond acceptors (Lipinski definition) is 6. The zero-order valence-electron chi connectivity index (χ0n) is 16.4. The molecule has 31 heavy (non-hydrogen) atoms. The summed E-state index contributed by atoms with van der Waals surface area (Å²) in [5.41, 5.74) is -0.532. The lowest BCUT2D eigenvalue weighted by atomic mass is 10.2. The molecule has 1 fully saturated rings. The Hall–Kier alpha value is -2.92. The second-order valence-corrected chi connectivity index (χ2v) is 7.43. The molecule has 1 atom stereocenters. The highest BCUT2D eigenvalue weighted by Gasteiger charge is 2.33. The molecule has 1 aliphatic rings. The number of benzene rings is 1. The van der Waals surface area contributed by atoms with Crippen LogP contribution in [0.4, 0.5) is 30.4 Å². The smallest absolute Gasteiger partial charge is 0.353 e. The van der Waals surface area contributed by atoms with Crippen LogP contribution in [-0.4, -0.2) is 52.9 Å². The normalized spacial score (nSPS) is 16.1. The molecule has 0 saturated carbocycles. The van der Waals surface area contributed by atoms with E-state index < -0.39 is 22.7 Å². The lowest BCUT2D eigenvalue weighted by molar-refractivity contribution is -0.384. The van der Waals surface area contributed by atoms with Crippen molar-refractivity contribution in [2.75, 3.05) is 36.4 Å². The number of carbonyl (C=O) groups is 1. The number of piperazine rings is 1. The van der Waals surface area contributed by atoms with Gasteiger partial charge in [-0.3, -0.25) is 19.8 Å². The predicted molar refractivity (Wildman–Crippen MR) is 109 cm³/mol. The van der Waals surface area contributed by atoms with E-state index in [1.54, 1.807) is 11.8 Å². The summed E-state index contributed by atoms with van der Waals surface area (Å²) in [7, 11) is 0. The van der Waals surface area contributed by atoms with Gasteiger partial charge in [0, 0.05) is 50.2 Å². The number of hydrogen-bond donors (Lipinski definition) is 1. The van der Waals surface area contributed by atoms with Crippen molar-refractivity contribution in [1.82, 2.24) is 9.88 Å². The van der Waals surface area contributed by atoms with E-state index in [1.165, 1.54) is 24.3 Å². The number of carbonyl (C=O) groups excluding carboxylic acids is 1. The third kappa shape index (κ3) is 5.42. The Balaban J connectivity index is 1.57. The van der Waals surface area contributed by atoms with E-state index in [-0.39, 0.29) is 22.4 Å². The number of amides is 1. The number of pyridine rings is 1. The van der Waals surface area contributed by atoms with Crippen LogP contribution in [0, 0.1) is 10.1 Å². The molecule has 1 aromatic carbocycles. The summed E-state index contributed by atoms with van der Waals surface area (Å²) < 4.78 is 38.3. The van der Waals surface area contributed by atoms with Gasteiger partial charge in [-0.15, -0.1) is 0 Å². The largest absolute Gasteiger partial charge is 0.417 e. The van der Waals surface area contributed by atoms with Crippen LogP contribution in [0.25, 0.3) is 0 Å². The maximum Gasteiger partial charge on any atom is 0.417 e. The van der Waals surface area contributed by atoms with Crippen LogP contribution >= 0.6 is 11.6 Å². The van der Waals surface area contributed by atoms with Crippen LogP contribution in [0.1, 0.15) is 12.5 Å². The standard InChI is InChI=1S/C19H19ClF3N5O3/c1-12(18(29)25-14-2-4-15(5-3-14)28(30)31)26-6-8-27(9-7-26)17-16(20)10-13(11-24-17)19(21,22)23/h2-5,10-12H,6-9H2,1H3,(H,25,29)/t12-/m1/s1. The minimum absolute atomic E-state index is 0.0716. The topological polar surface area (TPSA) is 91.6 Å². The number of alkyl halides is 3. The van der Waals surface area contributed by atoms with Crippen molar-refractivity contribution in [1.29, 1.82) is 0 Å². The number of nitrogens with zero attached hydrogens (tertiary/aromatic N) is 4. The van der Waals surface area contributed by atoms with E-state index in [0.29, 0.717) is 31.9 Å². The number of anilines is 2. The Kier molecular flexibility index (Phi) is 6.65. The summed E-state index contributed by atoms with van der Waals surface area (Å²) in [5, 5.41) is 13.3. The van der Waals surface area contributed by atoms with Gasteiger partial charge < -0.3 is 10.2 Å². The Morgan fingerprint density at radius 2 is 1.84 bits per heavy atom. The van der Waals surface area contributed by atoms with Crippen molar-refractivity contribution in [3.8, 4) is 0 Å². The van der Waals surface area contributed by atoms with Crippen LogP contribution < -0.4 is 10.2 Å². The first kappa shape index (κ1) is 22.8. The molecule has 1 aromatic heterocycles. The molecule has 8 nitrogen and oxygen atoms in total. The second kappa shape index (κ2) is 9.06. The highest BCUT2D eigenvalue weighted by Crippen LogP contribution is 2.33. The number of nitrogens with one attached hydrogen (secondary N) is 1. The molecule has 3 rings (SSSR count). The second-order valence-electron chi connectivity index (χ2n) is 7.02. The molecule has 0 unspecified atom stereocenters. The number of rotatable bonds is 5. The minimum atomic E-state index is -4.51. The van der Waals surface area contributed by atoms with Crippen molar-refractivity contribution >= 4 is 34.7 Å². The summed E-state index contributed by atoms with van der Waals surface area (Å²) in [5.74, 6) is 0.00490.